The molecule has 5 rings (SSSR count). The highest BCUT2D eigenvalue weighted by Crippen LogP contribution is 2.38. The third kappa shape index (κ3) is 3.66. The van der Waals surface area contributed by atoms with E-state index in [2.05, 4.69) is 26.6 Å². The maximum Gasteiger partial charge on any atom is 0.227 e. The van der Waals surface area contributed by atoms with Gasteiger partial charge in [0, 0.05) is 30.5 Å². The van der Waals surface area contributed by atoms with E-state index < -0.39 is 0 Å². The highest BCUT2D eigenvalue weighted by molar-refractivity contribution is 7.10. The van der Waals surface area contributed by atoms with E-state index >= 15 is 0 Å². The van der Waals surface area contributed by atoms with Crippen LogP contribution >= 0.6 is 11.3 Å². The number of furan rings is 1. The first kappa shape index (κ1) is 18.7. The first-order valence-corrected chi connectivity index (χ1v) is 10.8. The lowest BCUT2D eigenvalue weighted by atomic mass is 9.97. The van der Waals surface area contributed by atoms with Crippen LogP contribution in [0.4, 0.5) is 0 Å². The molecular weight excluding hydrogens is 400 g/mol. The van der Waals surface area contributed by atoms with E-state index in [0.717, 1.165) is 12.2 Å². The minimum absolute atomic E-state index is 0.109. The average molecular weight is 420 g/mol. The van der Waals surface area contributed by atoms with Crippen molar-refractivity contribution in [3.05, 3.63) is 76.3 Å². The third-order valence-electron chi connectivity index (χ3n) is 5.24. The summed E-state index contributed by atoms with van der Waals surface area (Å²) in [6.07, 6.45) is 5.84. The zero-order chi connectivity index (χ0) is 20.3. The second-order valence-electron chi connectivity index (χ2n) is 7.13. The monoisotopic (exact) mass is 420 g/mol. The van der Waals surface area contributed by atoms with Gasteiger partial charge in [0.05, 0.1) is 6.26 Å². The Balaban J connectivity index is 1.24. The maximum absolute atomic E-state index is 13.1. The number of carbonyl (C=O) groups excluding carboxylic acids is 1. The zero-order valence-electron chi connectivity index (χ0n) is 16.2. The third-order valence-corrected chi connectivity index (χ3v) is 6.24. The normalized spacial score (nSPS) is 15.9. The molecule has 1 amide bonds. The van der Waals surface area contributed by atoms with Gasteiger partial charge in [-0.2, -0.15) is 4.98 Å². The molecule has 5 heterocycles. The van der Waals surface area contributed by atoms with E-state index in [4.69, 9.17) is 8.94 Å². The van der Waals surface area contributed by atoms with E-state index in [1.807, 2.05) is 35.2 Å². The number of rotatable bonds is 6. The van der Waals surface area contributed by atoms with Crippen LogP contribution in [0.25, 0.3) is 11.5 Å². The molecule has 7 nitrogen and oxygen atoms in total. The molecule has 0 saturated carbocycles. The standard InChI is InChI=1S/C22H20N4O3S/c27-20(8-3-7-19-24-22(25-29-19)16-5-1-2-11-23-16)26-12-9-18-15(10-14-30-18)21(26)17-6-4-13-28-17/h1-2,4-6,10-11,13-14,21H,3,7-9,12H2/t21-/m0/s1. The van der Waals surface area contributed by atoms with Gasteiger partial charge in [-0.25, -0.2) is 0 Å². The van der Waals surface area contributed by atoms with Crippen molar-refractivity contribution in [1.82, 2.24) is 20.0 Å². The molecule has 0 fully saturated rings. The summed E-state index contributed by atoms with van der Waals surface area (Å²) >= 11 is 1.74. The van der Waals surface area contributed by atoms with Crippen molar-refractivity contribution in [2.24, 2.45) is 0 Å². The second-order valence-corrected chi connectivity index (χ2v) is 8.14. The summed E-state index contributed by atoms with van der Waals surface area (Å²) < 4.78 is 11.0. The van der Waals surface area contributed by atoms with Gasteiger partial charge in [-0.3, -0.25) is 9.78 Å². The molecule has 0 unspecified atom stereocenters. The Hall–Kier alpha value is -3.26. The number of fused-ring (bicyclic) bond motifs is 1. The highest BCUT2D eigenvalue weighted by atomic mass is 32.1. The largest absolute Gasteiger partial charge is 0.467 e. The molecule has 0 spiro atoms. The SMILES string of the molecule is O=C(CCCc1nc(-c2ccccn2)no1)N1CCc2sccc2[C@H]1c1ccco1. The summed E-state index contributed by atoms with van der Waals surface area (Å²) in [6, 6.07) is 11.3. The summed E-state index contributed by atoms with van der Waals surface area (Å²) in [4.78, 5) is 24.9. The van der Waals surface area contributed by atoms with Crippen molar-refractivity contribution in [2.45, 2.75) is 31.7 Å². The van der Waals surface area contributed by atoms with Crippen LogP contribution in [0.2, 0.25) is 0 Å². The van der Waals surface area contributed by atoms with Gasteiger partial charge in [0.1, 0.15) is 17.5 Å². The topological polar surface area (TPSA) is 85.3 Å². The Morgan fingerprint density at radius 2 is 2.20 bits per heavy atom. The summed E-state index contributed by atoms with van der Waals surface area (Å²) in [5.74, 6) is 1.90. The van der Waals surface area contributed by atoms with E-state index in [0.29, 0.717) is 43.2 Å². The first-order chi connectivity index (χ1) is 14.8. The average Bonchev–Trinajstić information content (AvgIpc) is 3.55. The number of hydrogen-bond acceptors (Lipinski definition) is 7. The van der Waals surface area contributed by atoms with Gasteiger partial charge in [-0.05, 0) is 54.1 Å². The van der Waals surface area contributed by atoms with Crippen LogP contribution in [0, 0.1) is 0 Å². The van der Waals surface area contributed by atoms with Crippen LogP contribution in [0.3, 0.4) is 0 Å². The molecular formula is C22H20N4O3S. The molecule has 0 bridgehead atoms. The number of carbonyl (C=O) groups is 1. The number of amides is 1. The van der Waals surface area contributed by atoms with Gasteiger partial charge in [-0.1, -0.05) is 11.2 Å². The fourth-order valence-electron chi connectivity index (χ4n) is 3.83. The lowest BCUT2D eigenvalue weighted by Gasteiger charge is -2.34. The highest BCUT2D eigenvalue weighted by Gasteiger charge is 2.34. The van der Waals surface area contributed by atoms with Crippen molar-refractivity contribution in [1.29, 1.82) is 0 Å². The van der Waals surface area contributed by atoms with Gasteiger partial charge in [0.25, 0.3) is 0 Å². The van der Waals surface area contributed by atoms with Crippen LogP contribution < -0.4 is 0 Å². The molecule has 30 heavy (non-hydrogen) atoms. The summed E-state index contributed by atoms with van der Waals surface area (Å²) in [7, 11) is 0. The van der Waals surface area contributed by atoms with Crippen LogP contribution in [0.5, 0.6) is 0 Å². The predicted molar refractivity (Wildman–Crippen MR) is 111 cm³/mol. The van der Waals surface area contributed by atoms with Gasteiger partial charge < -0.3 is 13.8 Å². The van der Waals surface area contributed by atoms with Crippen LogP contribution in [-0.4, -0.2) is 32.5 Å². The number of aryl methyl sites for hydroxylation is 1. The molecule has 0 radical (unpaired) electrons. The summed E-state index contributed by atoms with van der Waals surface area (Å²) in [5.41, 5.74) is 1.84. The molecule has 1 aliphatic rings. The van der Waals surface area contributed by atoms with Gasteiger partial charge in [0.2, 0.25) is 17.6 Å². The minimum atomic E-state index is -0.151. The Labute approximate surface area is 177 Å². The zero-order valence-corrected chi connectivity index (χ0v) is 17.0. The van der Waals surface area contributed by atoms with E-state index in [-0.39, 0.29) is 11.9 Å². The Bertz CT molecular complexity index is 1120. The molecule has 8 heteroatoms. The Kier molecular flexibility index (Phi) is 5.15. The van der Waals surface area contributed by atoms with E-state index in [9.17, 15) is 4.79 Å². The van der Waals surface area contributed by atoms with Crippen molar-refractivity contribution < 1.29 is 13.7 Å². The molecule has 0 aliphatic carbocycles. The lowest BCUT2D eigenvalue weighted by molar-refractivity contribution is -0.133. The molecule has 0 aromatic carbocycles. The Morgan fingerprint density at radius 1 is 1.23 bits per heavy atom. The van der Waals surface area contributed by atoms with Crippen LogP contribution in [0.1, 0.15) is 41.0 Å². The minimum Gasteiger partial charge on any atom is -0.467 e. The van der Waals surface area contributed by atoms with E-state index in [1.165, 1.54) is 10.4 Å². The van der Waals surface area contributed by atoms with Gasteiger partial charge >= 0.3 is 0 Å². The Morgan fingerprint density at radius 3 is 3.03 bits per heavy atom. The number of thiophene rings is 1. The fourth-order valence-corrected chi connectivity index (χ4v) is 4.73. The van der Waals surface area contributed by atoms with Gasteiger partial charge in [0.15, 0.2) is 0 Å². The van der Waals surface area contributed by atoms with Crippen LogP contribution in [0.15, 0.2) is 63.2 Å². The summed E-state index contributed by atoms with van der Waals surface area (Å²) in [6.45, 7) is 0.697. The van der Waals surface area contributed by atoms with Crippen molar-refractivity contribution in [3.8, 4) is 11.5 Å². The van der Waals surface area contributed by atoms with E-state index in [1.54, 1.807) is 23.8 Å². The number of pyridine rings is 1. The quantitative estimate of drug-likeness (QED) is 0.463. The number of aromatic nitrogens is 3. The second kappa shape index (κ2) is 8.23. The molecule has 4 aromatic rings. The van der Waals surface area contributed by atoms with Crippen molar-refractivity contribution >= 4 is 17.2 Å². The van der Waals surface area contributed by atoms with Crippen molar-refractivity contribution in [3.63, 3.8) is 0 Å². The first-order valence-electron chi connectivity index (χ1n) is 9.93. The molecule has 1 atom stereocenters. The predicted octanol–water partition coefficient (Wildman–Crippen LogP) is 4.28. The molecule has 1 aliphatic heterocycles. The smallest absolute Gasteiger partial charge is 0.227 e. The lowest BCUT2D eigenvalue weighted by Crippen LogP contribution is -2.39. The number of hydrogen-bond donors (Lipinski definition) is 0. The van der Waals surface area contributed by atoms with Gasteiger partial charge in [-0.15, -0.1) is 11.3 Å². The fraction of sp³-hybridized carbons (Fsp3) is 0.273. The molecule has 0 saturated heterocycles. The molecule has 4 aromatic heterocycles. The summed E-state index contributed by atoms with van der Waals surface area (Å²) in [5, 5.41) is 6.07. The number of nitrogens with zero attached hydrogens (tertiary/aromatic N) is 4. The molecule has 152 valence electrons. The van der Waals surface area contributed by atoms with Crippen LogP contribution in [-0.2, 0) is 17.6 Å². The van der Waals surface area contributed by atoms with Crippen molar-refractivity contribution in [2.75, 3.05) is 6.54 Å². The maximum atomic E-state index is 13.1. The molecule has 0 N–H and O–H groups in total.